The Labute approximate surface area is 106 Å². The van der Waals surface area contributed by atoms with Gasteiger partial charge < -0.3 is 0 Å². The van der Waals surface area contributed by atoms with Crippen LogP contribution in [0.2, 0.25) is 0 Å². The zero-order valence-corrected chi connectivity index (χ0v) is 10.3. The summed E-state index contributed by atoms with van der Waals surface area (Å²) in [5.41, 5.74) is 5.35. The van der Waals surface area contributed by atoms with Crippen molar-refractivity contribution in [1.82, 2.24) is 15.2 Å². The normalized spacial score (nSPS) is 10.3. The molecule has 18 heavy (non-hydrogen) atoms. The van der Waals surface area contributed by atoms with Crippen molar-refractivity contribution in [3.8, 4) is 0 Å². The highest BCUT2D eigenvalue weighted by atomic mass is 16.2. The molecule has 1 aromatic heterocycles. The van der Waals surface area contributed by atoms with Crippen LogP contribution in [0.15, 0.2) is 36.7 Å². The summed E-state index contributed by atoms with van der Waals surface area (Å²) in [4.78, 5) is 11.1. The van der Waals surface area contributed by atoms with Crippen LogP contribution in [-0.4, -0.2) is 15.7 Å². The summed E-state index contributed by atoms with van der Waals surface area (Å²) in [6.07, 6.45) is 4.13. The maximum absolute atomic E-state index is 11.1. The molecule has 0 aliphatic carbocycles. The summed E-state index contributed by atoms with van der Waals surface area (Å²) in [6.45, 7) is 2.75. The minimum Gasteiger partial charge on any atom is -0.294 e. The number of nitrogens with one attached hydrogen (secondary N) is 1. The first-order valence-electron chi connectivity index (χ1n) is 5.73. The van der Waals surface area contributed by atoms with Gasteiger partial charge in [-0.25, -0.2) is 5.84 Å². The molecule has 5 nitrogen and oxygen atoms in total. The molecule has 0 fully saturated rings. The van der Waals surface area contributed by atoms with Crippen molar-refractivity contribution in [3.05, 3.63) is 53.3 Å². The van der Waals surface area contributed by atoms with Crippen molar-refractivity contribution in [3.63, 3.8) is 0 Å². The second-order valence-electron chi connectivity index (χ2n) is 4.28. The van der Waals surface area contributed by atoms with E-state index in [9.17, 15) is 4.79 Å². The molecule has 0 unspecified atom stereocenters. The summed E-state index contributed by atoms with van der Waals surface area (Å²) in [6, 6.07) is 7.86. The zero-order valence-electron chi connectivity index (χ0n) is 10.3. The van der Waals surface area contributed by atoms with Crippen LogP contribution in [0.25, 0.3) is 0 Å². The fourth-order valence-electron chi connectivity index (χ4n) is 1.74. The van der Waals surface area contributed by atoms with Crippen LogP contribution < -0.4 is 11.3 Å². The van der Waals surface area contributed by atoms with Gasteiger partial charge in [0.2, 0.25) is 5.91 Å². The summed E-state index contributed by atoms with van der Waals surface area (Å²) < 4.78 is 1.89. The second kappa shape index (κ2) is 5.46. The average Bonchev–Trinajstić information content (AvgIpc) is 2.77. The Balaban J connectivity index is 2.01. The fourth-order valence-corrected chi connectivity index (χ4v) is 1.74. The first kappa shape index (κ1) is 12.3. The third kappa shape index (κ3) is 3.18. The van der Waals surface area contributed by atoms with Crippen molar-refractivity contribution >= 4 is 5.91 Å². The topological polar surface area (TPSA) is 72.9 Å². The lowest BCUT2D eigenvalue weighted by molar-refractivity contribution is -0.120. The lowest BCUT2D eigenvalue weighted by Gasteiger charge is -2.04. The molecule has 0 bridgehead atoms. The molecule has 2 rings (SSSR count). The van der Waals surface area contributed by atoms with Crippen molar-refractivity contribution < 1.29 is 4.79 Å². The fraction of sp³-hybridized carbons (Fsp3) is 0.231. The van der Waals surface area contributed by atoms with Crippen molar-refractivity contribution in [2.24, 2.45) is 5.84 Å². The molecule has 5 heteroatoms. The number of nitrogens with zero attached hydrogens (tertiary/aromatic N) is 2. The Kier molecular flexibility index (Phi) is 3.74. The predicted octanol–water partition coefficient (Wildman–Crippen LogP) is 0.772. The Morgan fingerprint density at radius 2 is 2.00 bits per heavy atom. The number of carbonyl (C=O) groups is 1. The van der Waals surface area contributed by atoms with E-state index in [1.807, 2.05) is 48.3 Å². The number of aryl methyl sites for hydroxylation is 1. The maximum Gasteiger partial charge on any atom is 0.238 e. The number of hydrogen-bond donors (Lipinski definition) is 2. The first-order chi connectivity index (χ1) is 8.67. The number of benzene rings is 1. The Morgan fingerprint density at radius 1 is 1.33 bits per heavy atom. The number of nitrogens with two attached hydrogens (primary N) is 1. The van der Waals surface area contributed by atoms with Crippen LogP contribution in [0.1, 0.15) is 16.7 Å². The maximum atomic E-state index is 11.1. The van der Waals surface area contributed by atoms with Crippen molar-refractivity contribution in [2.75, 3.05) is 0 Å². The van der Waals surface area contributed by atoms with Gasteiger partial charge in [0, 0.05) is 6.20 Å². The van der Waals surface area contributed by atoms with Gasteiger partial charge in [-0.2, -0.15) is 5.10 Å². The highest BCUT2D eigenvalue weighted by Crippen LogP contribution is 2.07. The molecule has 0 radical (unpaired) electrons. The highest BCUT2D eigenvalue weighted by molar-refractivity contribution is 5.77. The van der Waals surface area contributed by atoms with Crippen molar-refractivity contribution in [2.45, 2.75) is 19.9 Å². The third-order valence-corrected chi connectivity index (χ3v) is 2.66. The SMILES string of the molecule is Cc1cnn(Cc2ccc(CC(=O)NN)cc2)c1. The van der Waals surface area contributed by atoms with E-state index >= 15 is 0 Å². The van der Waals surface area contributed by atoms with E-state index in [1.165, 1.54) is 0 Å². The summed E-state index contributed by atoms with van der Waals surface area (Å²) in [5, 5.41) is 4.23. The van der Waals surface area contributed by atoms with Gasteiger partial charge >= 0.3 is 0 Å². The second-order valence-corrected chi connectivity index (χ2v) is 4.28. The lowest BCUT2D eigenvalue weighted by Crippen LogP contribution is -2.31. The minimum absolute atomic E-state index is 0.189. The van der Waals surface area contributed by atoms with Gasteiger partial charge in [-0.15, -0.1) is 0 Å². The monoisotopic (exact) mass is 244 g/mol. The van der Waals surface area contributed by atoms with Crippen LogP contribution in [0.5, 0.6) is 0 Å². The number of aromatic nitrogens is 2. The average molecular weight is 244 g/mol. The summed E-state index contributed by atoms with van der Waals surface area (Å²) in [5.74, 6) is 4.85. The van der Waals surface area contributed by atoms with E-state index in [0.717, 1.165) is 23.2 Å². The molecule has 3 N–H and O–H groups in total. The van der Waals surface area contributed by atoms with Crippen LogP contribution in [-0.2, 0) is 17.8 Å². The van der Waals surface area contributed by atoms with Crippen LogP contribution in [0, 0.1) is 6.92 Å². The molecule has 2 aromatic rings. The van der Waals surface area contributed by atoms with Gasteiger partial charge in [0.1, 0.15) is 0 Å². The molecule has 0 aliphatic heterocycles. The quantitative estimate of drug-likeness (QED) is 0.474. The molecule has 0 atom stereocenters. The smallest absolute Gasteiger partial charge is 0.238 e. The van der Waals surface area contributed by atoms with Gasteiger partial charge in [0.05, 0.1) is 19.2 Å². The molecule has 0 saturated heterocycles. The molecular formula is C13H16N4O. The number of carbonyl (C=O) groups excluding carboxylic acids is 1. The predicted molar refractivity (Wildman–Crippen MR) is 68.5 cm³/mol. The summed E-state index contributed by atoms with van der Waals surface area (Å²) >= 11 is 0. The van der Waals surface area contributed by atoms with Crippen LogP contribution >= 0.6 is 0 Å². The van der Waals surface area contributed by atoms with E-state index < -0.39 is 0 Å². The molecule has 1 aromatic carbocycles. The number of hydrazine groups is 1. The van der Waals surface area contributed by atoms with Gasteiger partial charge in [0.15, 0.2) is 0 Å². The Morgan fingerprint density at radius 3 is 2.56 bits per heavy atom. The van der Waals surface area contributed by atoms with Gasteiger partial charge in [-0.05, 0) is 23.6 Å². The molecular weight excluding hydrogens is 228 g/mol. The lowest BCUT2D eigenvalue weighted by atomic mass is 10.1. The Bertz CT molecular complexity index is 530. The number of amides is 1. The first-order valence-corrected chi connectivity index (χ1v) is 5.73. The van der Waals surface area contributed by atoms with E-state index in [2.05, 4.69) is 10.5 Å². The summed E-state index contributed by atoms with van der Waals surface area (Å²) in [7, 11) is 0. The van der Waals surface area contributed by atoms with Gasteiger partial charge in [-0.1, -0.05) is 24.3 Å². The van der Waals surface area contributed by atoms with E-state index in [4.69, 9.17) is 5.84 Å². The Hall–Kier alpha value is -2.14. The number of rotatable bonds is 4. The zero-order chi connectivity index (χ0) is 13.0. The highest BCUT2D eigenvalue weighted by Gasteiger charge is 2.02. The third-order valence-electron chi connectivity index (χ3n) is 2.66. The van der Waals surface area contributed by atoms with Gasteiger partial charge in [-0.3, -0.25) is 14.9 Å². The molecule has 1 heterocycles. The van der Waals surface area contributed by atoms with E-state index in [-0.39, 0.29) is 5.91 Å². The molecule has 0 saturated carbocycles. The van der Waals surface area contributed by atoms with E-state index in [1.54, 1.807) is 0 Å². The van der Waals surface area contributed by atoms with Gasteiger partial charge in [0.25, 0.3) is 0 Å². The largest absolute Gasteiger partial charge is 0.294 e. The number of hydrogen-bond acceptors (Lipinski definition) is 3. The molecule has 0 spiro atoms. The molecule has 1 amide bonds. The van der Waals surface area contributed by atoms with E-state index in [0.29, 0.717) is 6.42 Å². The van der Waals surface area contributed by atoms with Crippen LogP contribution in [0.3, 0.4) is 0 Å². The standard InChI is InChI=1S/C13H16N4O/c1-10-7-15-17(8-10)9-12-4-2-11(3-5-12)6-13(18)16-14/h2-5,7-8H,6,9,14H2,1H3,(H,16,18). The van der Waals surface area contributed by atoms with Crippen molar-refractivity contribution in [1.29, 1.82) is 0 Å². The molecule has 94 valence electrons. The minimum atomic E-state index is -0.189. The molecule has 0 aliphatic rings. The van der Waals surface area contributed by atoms with Crippen LogP contribution in [0.4, 0.5) is 0 Å².